The van der Waals surface area contributed by atoms with Crippen LogP contribution < -0.4 is 4.74 Å². The fourth-order valence-electron chi connectivity index (χ4n) is 3.85. The highest BCUT2D eigenvalue weighted by Crippen LogP contribution is 2.24. The maximum Gasteiger partial charge on any atom is 0.516 e. The van der Waals surface area contributed by atoms with Gasteiger partial charge in [0.15, 0.2) is 5.05 Å². The van der Waals surface area contributed by atoms with E-state index in [2.05, 4.69) is 13.0 Å². The molecule has 0 radical (unpaired) electrons. The first kappa shape index (κ1) is 29.1. The van der Waals surface area contributed by atoms with E-state index in [0.717, 1.165) is 36.0 Å². The van der Waals surface area contributed by atoms with E-state index in [0.29, 0.717) is 10.8 Å². The Labute approximate surface area is 231 Å². The third kappa shape index (κ3) is 8.80. The predicted molar refractivity (Wildman–Crippen MR) is 155 cm³/mol. The van der Waals surface area contributed by atoms with Gasteiger partial charge in [-0.25, -0.2) is 9.59 Å². The van der Waals surface area contributed by atoms with Gasteiger partial charge in [0.25, 0.3) is 0 Å². The molecule has 0 aromatic heterocycles. The van der Waals surface area contributed by atoms with Crippen LogP contribution in [0.25, 0.3) is 11.1 Å². The molecule has 0 aliphatic heterocycles. The van der Waals surface area contributed by atoms with Gasteiger partial charge in [-0.15, -0.1) is 0 Å². The zero-order valence-electron chi connectivity index (χ0n) is 22.4. The summed E-state index contributed by atoms with van der Waals surface area (Å²) in [6, 6.07) is 22.6. The molecule has 1 atom stereocenters. The lowest BCUT2D eigenvalue weighted by atomic mass is 10.0. The van der Waals surface area contributed by atoms with Gasteiger partial charge in [-0.3, -0.25) is 0 Å². The summed E-state index contributed by atoms with van der Waals surface area (Å²) in [5.41, 5.74) is 4.31. The fraction of sp³-hybridized carbons (Fsp3) is 0.344. The highest BCUT2D eigenvalue weighted by Gasteiger charge is 2.15. The smallest absolute Gasteiger partial charge is 0.445 e. The molecule has 38 heavy (non-hydrogen) atoms. The second kappa shape index (κ2) is 15.0. The minimum Gasteiger partial charge on any atom is -0.445 e. The van der Waals surface area contributed by atoms with E-state index in [4.69, 9.17) is 26.4 Å². The Bertz CT molecular complexity index is 1200. The van der Waals surface area contributed by atoms with Gasteiger partial charge in [-0.2, -0.15) is 0 Å². The number of thiocarbonyl (C=S) groups is 1. The van der Waals surface area contributed by atoms with Gasteiger partial charge >= 0.3 is 12.1 Å². The van der Waals surface area contributed by atoms with Crippen molar-refractivity contribution in [3.05, 3.63) is 89.5 Å². The number of aryl methyl sites for hydroxylation is 1. The van der Waals surface area contributed by atoms with Crippen LogP contribution in [0.1, 0.15) is 74.4 Å². The number of carbonyl (C=O) groups is 2. The number of carbonyl (C=O) groups excluding carboxylic acids is 2. The highest BCUT2D eigenvalue weighted by atomic mass is 32.1. The van der Waals surface area contributed by atoms with Crippen LogP contribution in [0.2, 0.25) is 0 Å². The molecule has 0 fully saturated rings. The Morgan fingerprint density at radius 2 is 1.50 bits per heavy atom. The summed E-state index contributed by atoms with van der Waals surface area (Å²) in [4.78, 5) is 24.0. The first-order valence-corrected chi connectivity index (χ1v) is 13.7. The molecule has 6 heteroatoms. The average Bonchev–Trinajstić information content (AvgIpc) is 2.94. The number of ether oxygens (including phenoxy) is 3. The van der Waals surface area contributed by atoms with Crippen LogP contribution >= 0.6 is 12.2 Å². The van der Waals surface area contributed by atoms with E-state index in [1.54, 1.807) is 24.3 Å². The maximum absolute atomic E-state index is 12.2. The predicted octanol–water partition coefficient (Wildman–Crippen LogP) is 8.57. The number of hydrogen-bond donors (Lipinski definition) is 0. The van der Waals surface area contributed by atoms with Gasteiger partial charge in [-0.1, -0.05) is 95.0 Å². The SMILES string of the molecule is CCCCCCc1ccccc1C(=S)Oc1ccc(-c2ccc(C(=O)OC(=O)OC[C@@H](C)CC)cc2)cc1. The van der Waals surface area contributed by atoms with Gasteiger partial charge in [0.05, 0.1) is 12.2 Å². The lowest BCUT2D eigenvalue weighted by Crippen LogP contribution is -2.17. The summed E-state index contributed by atoms with van der Waals surface area (Å²) in [6.45, 7) is 6.38. The van der Waals surface area contributed by atoms with Gasteiger partial charge < -0.3 is 14.2 Å². The van der Waals surface area contributed by atoms with E-state index in [1.165, 1.54) is 24.8 Å². The minimum absolute atomic E-state index is 0.209. The monoisotopic (exact) mass is 532 g/mol. The molecule has 0 unspecified atom stereocenters. The standard InChI is InChI=1S/C32H36O5S/c1-4-6-7-8-11-26-12-9-10-13-29(26)31(38)36-28-20-18-25(19-21-28)24-14-16-27(17-15-24)30(33)37-32(34)35-22-23(3)5-2/h9-10,12-21,23H,4-8,11,22H2,1-3H3/t23-/m0/s1. The van der Waals surface area contributed by atoms with Crippen LogP contribution in [0.15, 0.2) is 72.8 Å². The molecule has 0 N–H and O–H groups in total. The van der Waals surface area contributed by atoms with Crippen molar-refractivity contribution in [2.24, 2.45) is 5.92 Å². The molecule has 0 saturated carbocycles. The van der Waals surface area contributed by atoms with Crippen molar-refractivity contribution < 1.29 is 23.8 Å². The van der Waals surface area contributed by atoms with Gasteiger partial charge in [0.1, 0.15) is 5.75 Å². The maximum atomic E-state index is 12.2. The van der Waals surface area contributed by atoms with Crippen molar-refractivity contribution in [2.75, 3.05) is 6.61 Å². The molecule has 0 bridgehead atoms. The molecule has 0 aliphatic carbocycles. The van der Waals surface area contributed by atoms with Crippen molar-refractivity contribution in [1.29, 1.82) is 0 Å². The third-order valence-electron chi connectivity index (χ3n) is 6.41. The topological polar surface area (TPSA) is 61.8 Å². The molecule has 0 saturated heterocycles. The van der Waals surface area contributed by atoms with Crippen molar-refractivity contribution >= 4 is 29.4 Å². The van der Waals surface area contributed by atoms with Crippen LogP contribution in [0, 0.1) is 5.92 Å². The summed E-state index contributed by atoms with van der Waals surface area (Å²) in [7, 11) is 0. The van der Waals surface area contributed by atoms with E-state index >= 15 is 0 Å². The number of rotatable bonds is 12. The Kier molecular flexibility index (Phi) is 11.5. The van der Waals surface area contributed by atoms with Crippen LogP contribution in [0.4, 0.5) is 4.79 Å². The van der Waals surface area contributed by atoms with E-state index in [-0.39, 0.29) is 18.1 Å². The Morgan fingerprint density at radius 1 is 0.842 bits per heavy atom. The lowest BCUT2D eigenvalue weighted by molar-refractivity contribution is 0.0342. The van der Waals surface area contributed by atoms with Crippen molar-refractivity contribution in [3.8, 4) is 16.9 Å². The molecular formula is C32H36O5S. The summed E-state index contributed by atoms with van der Waals surface area (Å²) in [5, 5.41) is 0.467. The molecular weight excluding hydrogens is 496 g/mol. The normalized spacial score (nSPS) is 11.4. The van der Waals surface area contributed by atoms with Crippen LogP contribution in [0.5, 0.6) is 5.75 Å². The first-order chi connectivity index (χ1) is 18.4. The molecule has 0 aliphatic rings. The number of unbranched alkanes of at least 4 members (excludes halogenated alkanes) is 3. The third-order valence-corrected chi connectivity index (χ3v) is 6.72. The largest absolute Gasteiger partial charge is 0.516 e. The highest BCUT2D eigenvalue weighted by molar-refractivity contribution is 7.80. The van der Waals surface area contributed by atoms with Gasteiger partial charge in [-0.05, 0) is 71.9 Å². The lowest BCUT2D eigenvalue weighted by Gasteiger charge is -2.12. The van der Waals surface area contributed by atoms with E-state index < -0.39 is 12.1 Å². The van der Waals surface area contributed by atoms with Gasteiger partial charge in [0.2, 0.25) is 0 Å². The van der Waals surface area contributed by atoms with E-state index in [9.17, 15) is 9.59 Å². The second-order valence-electron chi connectivity index (χ2n) is 9.42. The van der Waals surface area contributed by atoms with Gasteiger partial charge in [0, 0.05) is 5.56 Å². The Morgan fingerprint density at radius 3 is 2.16 bits per heavy atom. The molecule has 3 aromatic carbocycles. The first-order valence-electron chi connectivity index (χ1n) is 13.3. The molecule has 3 aromatic rings. The summed E-state index contributed by atoms with van der Waals surface area (Å²) >= 11 is 5.62. The zero-order valence-corrected chi connectivity index (χ0v) is 23.2. The van der Waals surface area contributed by atoms with Crippen molar-refractivity contribution in [1.82, 2.24) is 0 Å². The summed E-state index contributed by atoms with van der Waals surface area (Å²) in [6.07, 6.45) is 5.69. The number of hydrogen-bond acceptors (Lipinski definition) is 6. The van der Waals surface area contributed by atoms with Crippen LogP contribution in [-0.2, 0) is 15.9 Å². The zero-order chi connectivity index (χ0) is 27.3. The molecule has 3 rings (SSSR count). The van der Waals surface area contributed by atoms with Crippen molar-refractivity contribution in [3.63, 3.8) is 0 Å². The quantitative estimate of drug-likeness (QED) is 0.101. The number of benzene rings is 3. The van der Waals surface area contributed by atoms with E-state index in [1.807, 2.05) is 56.3 Å². The molecule has 0 heterocycles. The van der Waals surface area contributed by atoms with Crippen LogP contribution in [-0.4, -0.2) is 23.8 Å². The molecule has 0 amide bonds. The van der Waals surface area contributed by atoms with Crippen LogP contribution in [0.3, 0.4) is 0 Å². The Hall–Kier alpha value is -3.51. The second-order valence-corrected chi connectivity index (χ2v) is 9.79. The minimum atomic E-state index is -0.980. The fourth-order valence-corrected chi connectivity index (χ4v) is 4.14. The Balaban J connectivity index is 1.57. The summed E-state index contributed by atoms with van der Waals surface area (Å²) in [5.74, 6) is 0.129. The molecule has 0 spiro atoms. The van der Waals surface area contributed by atoms with Crippen molar-refractivity contribution in [2.45, 2.75) is 59.3 Å². The number of esters is 1. The molecule has 200 valence electrons. The molecule has 5 nitrogen and oxygen atoms in total. The average molecular weight is 533 g/mol. The summed E-state index contributed by atoms with van der Waals surface area (Å²) < 4.78 is 15.8.